The van der Waals surface area contributed by atoms with Crippen molar-refractivity contribution in [2.24, 2.45) is 11.0 Å². The highest BCUT2D eigenvalue weighted by Crippen LogP contribution is 2.05. The van der Waals surface area contributed by atoms with E-state index in [1.807, 2.05) is 30.3 Å². The van der Waals surface area contributed by atoms with Crippen molar-refractivity contribution in [3.05, 3.63) is 30.3 Å². The van der Waals surface area contributed by atoms with Gasteiger partial charge in [0.05, 0.1) is 12.5 Å². The number of nitrogens with zero attached hydrogens (tertiary/aromatic N) is 1. The number of nitrogens with one attached hydrogen (secondary N) is 2. The molecule has 0 spiro atoms. The predicted molar refractivity (Wildman–Crippen MR) is 84.7 cm³/mol. The van der Waals surface area contributed by atoms with Crippen LogP contribution in [0, 0.1) is 5.92 Å². The highest BCUT2D eigenvalue weighted by Gasteiger charge is 2.17. The predicted octanol–water partition coefficient (Wildman–Crippen LogP) is 2.55. The number of carbonyl (C=O) groups excluding carboxylic acids is 1. The van der Waals surface area contributed by atoms with Crippen molar-refractivity contribution in [2.75, 3.05) is 11.9 Å². The zero-order valence-electron chi connectivity index (χ0n) is 11.8. The van der Waals surface area contributed by atoms with Crippen molar-refractivity contribution in [1.29, 1.82) is 0 Å². The first kappa shape index (κ1) is 16.1. The first-order valence-electron chi connectivity index (χ1n) is 6.37. The first-order chi connectivity index (χ1) is 9.54. The quantitative estimate of drug-likeness (QED) is 0.378. The van der Waals surface area contributed by atoms with Crippen LogP contribution in [0.25, 0.3) is 0 Å². The molecule has 0 aliphatic rings. The maximum absolute atomic E-state index is 11.5. The molecule has 108 valence electrons. The molecule has 1 atom stereocenters. The number of esters is 1. The van der Waals surface area contributed by atoms with Gasteiger partial charge in [0.15, 0.2) is 5.11 Å². The molecular formula is C14H19N3O2S. The summed E-state index contributed by atoms with van der Waals surface area (Å²) in [6, 6.07) is 9.52. The van der Waals surface area contributed by atoms with E-state index in [9.17, 15) is 4.79 Å². The van der Waals surface area contributed by atoms with E-state index in [0.717, 1.165) is 5.69 Å². The minimum absolute atomic E-state index is 0.294. The minimum Gasteiger partial charge on any atom is -0.465 e. The maximum Gasteiger partial charge on any atom is 0.314 e. The fourth-order valence-electron chi connectivity index (χ4n) is 1.35. The van der Waals surface area contributed by atoms with E-state index in [2.05, 4.69) is 15.8 Å². The lowest BCUT2D eigenvalue weighted by Crippen LogP contribution is -2.28. The zero-order valence-corrected chi connectivity index (χ0v) is 12.7. The lowest BCUT2D eigenvalue weighted by Gasteiger charge is -2.11. The third-order valence-electron chi connectivity index (χ3n) is 2.63. The van der Waals surface area contributed by atoms with Gasteiger partial charge in [-0.25, -0.2) is 0 Å². The summed E-state index contributed by atoms with van der Waals surface area (Å²) in [7, 11) is 0. The topological polar surface area (TPSA) is 62.7 Å². The van der Waals surface area contributed by atoms with Crippen LogP contribution in [-0.2, 0) is 9.53 Å². The van der Waals surface area contributed by atoms with Gasteiger partial charge in [0.25, 0.3) is 0 Å². The summed E-state index contributed by atoms with van der Waals surface area (Å²) in [6.07, 6.45) is 0. The fraction of sp³-hybridized carbons (Fsp3) is 0.357. The Balaban J connectivity index is 2.50. The van der Waals surface area contributed by atoms with Gasteiger partial charge in [-0.05, 0) is 45.1 Å². The lowest BCUT2D eigenvalue weighted by atomic mass is 10.1. The Labute approximate surface area is 124 Å². The van der Waals surface area contributed by atoms with Gasteiger partial charge in [0, 0.05) is 11.4 Å². The van der Waals surface area contributed by atoms with Crippen LogP contribution in [0.3, 0.4) is 0 Å². The van der Waals surface area contributed by atoms with E-state index in [1.54, 1.807) is 20.8 Å². The number of carbonyl (C=O) groups is 1. The molecule has 0 radical (unpaired) electrons. The van der Waals surface area contributed by atoms with E-state index in [-0.39, 0.29) is 5.97 Å². The van der Waals surface area contributed by atoms with Crippen LogP contribution in [0.2, 0.25) is 0 Å². The Hall–Kier alpha value is -1.95. The standard InChI is InChI=1S/C14H19N3O2S/c1-4-19-13(18)10(2)11(3)16-17-14(20)15-12-8-6-5-7-9-12/h5-10H,4H2,1-3H3,(H2,15,17,20). The van der Waals surface area contributed by atoms with Crippen LogP contribution in [0.15, 0.2) is 35.4 Å². The monoisotopic (exact) mass is 293 g/mol. The second-order valence-electron chi connectivity index (χ2n) is 4.16. The number of para-hydroxylation sites is 1. The number of benzene rings is 1. The van der Waals surface area contributed by atoms with Crippen molar-refractivity contribution < 1.29 is 9.53 Å². The van der Waals surface area contributed by atoms with Crippen LogP contribution in [-0.4, -0.2) is 23.4 Å². The highest BCUT2D eigenvalue weighted by atomic mass is 32.1. The summed E-state index contributed by atoms with van der Waals surface area (Å²) >= 11 is 5.11. The zero-order chi connectivity index (χ0) is 15.0. The van der Waals surface area contributed by atoms with Crippen molar-refractivity contribution in [2.45, 2.75) is 20.8 Å². The molecule has 1 rings (SSSR count). The molecule has 1 unspecified atom stereocenters. The van der Waals surface area contributed by atoms with Crippen molar-refractivity contribution >= 4 is 34.7 Å². The van der Waals surface area contributed by atoms with E-state index in [0.29, 0.717) is 17.4 Å². The number of ether oxygens (including phenoxy) is 1. The number of anilines is 1. The van der Waals surface area contributed by atoms with Gasteiger partial charge in [-0.2, -0.15) is 5.10 Å². The smallest absolute Gasteiger partial charge is 0.314 e. The number of rotatable bonds is 5. The Bertz CT molecular complexity index is 488. The molecule has 0 amide bonds. The highest BCUT2D eigenvalue weighted by molar-refractivity contribution is 7.80. The van der Waals surface area contributed by atoms with Gasteiger partial charge in [-0.15, -0.1) is 0 Å². The van der Waals surface area contributed by atoms with Crippen molar-refractivity contribution in [3.63, 3.8) is 0 Å². The first-order valence-corrected chi connectivity index (χ1v) is 6.78. The summed E-state index contributed by atoms with van der Waals surface area (Å²) in [4.78, 5) is 11.5. The number of hydrogen-bond donors (Lipinski definition) is 2. The molecule has 1 aromatic carbocycles. The third-order valence-corrected chi connectivity index (χ3v) is 2.83. The molecule has 0 saturated carbocycles. The number of hydrogen-bond acceptors (Lipinski definition) is 4. The lowest BCUT2D eigenvalue weighted by molar-refractivity contribution is -0.145. The third kappa shape index (κ3) is 5.36. The number of thiocarbonyl (C=S) groups is 1. The normalized spacial score (nSPS) is 12.4. The molecular weight excluding hydrogens is 274 g/mol. The SMILES string of the molecule is CCOC(=O)C(C)C(C)=NNC(=S)Nc1ccccc1. The second kappa shape index (κ2) is 8.27. The van der Waals surface area contributed by atoms with Crippen LogP contribution in [0.1, 0.15) is 20.8 Å². The van der Waals surface area contributed by atoms with E-state index in [4.69, 9.17) is 17.0 Å². The van der Waals surface area contributed by atoms with Gasteiger partial charge in [0.2, 0.25) is 0 Å². The Morgan fingerprint density at radius 1 is 1.40 bits per heavy atom. The molecule has 1 aromatic rings. The van der Waals surface area contributed by atoms with Gasteiger partial charge in [-0.1, -0.05) is 18.2 Å². The fourth-order valence-corrected chi connectivity index (χ4v) is 1.52. The van der Waals surface area contributed by atoms with Crippen LogP contribution >= 0.6 is 12.2 Å². The molecule has 0 aliphatic carbocycles. The van der Waals surface area contributed by atoms with Crippen LogP contribution in [0.4, 0.5) is 5.69 Å². The summed E-state index contributed by atoms with van der Waals surface area (Å²) < 4.78 is 4.93. The van der Waals surface area contributed by atoms with Crippen molar-refractivity contribution in [1.82, 2.24) is 5.43 Å². The molecule has 0 aliphatic heterocycles. The molecule has 5 nitrogen and oxygen atoms in total. The molecule has 2 N–H and O–H groups in total. The van der Waals surface area contributed by atoms with Gasteiger partial charge >= 0.3 is 5.97 Å². The summed E-state index contributed by atoms with van der Waals surface area (Å²) in [5.41, 5.74) is 4.19. The molecule has 0 fully saturated rings. The van der Waals surface area contributed by atoms with Gasteiger partial charge in [-0.3, -0.25) is 10.2 Å². The van der Waals surface area contributed by atoms with E-state index in [1.165, 1.54) is 0 Å². The second-order valence-corrected chi connectivity index (χ2v) is 4.57. The van der Waals surface area contributed by atoms with E-state index >= 15 is 0 Å². The molecule has 0 aromatic heterocycles. The Kier molecular flexibility index (Phi) is 6.66. The van der Waals surface area contributed by atoms with Gasteiger partial charge < -0.3 is 10.1 Å². The summed E-state index contributed by atoms with van der Waals surface area (Å²) in [5, 5.41) is 7.44. The average molecular weight is 293 g/mol. The average Bonchev–Trinajstić information content (AvgIpc) is 2.45. The Morgan fingerprint density at radius 3 is 2.65 bits per heavy atom. The molecule has 0 heterocycles. The van der Waals surface area contributed by atoms with Gasteiger partial charge in [0.1, 0.15) is 0 Å². The van der Waals surface area contributed by atoms with Crippen molar-refractivity contribution in [3.8, 4) is 0 Å². The molecule has 0 saturated heterocycles. The number of hydrazone groups is 1. The molecule has 6 heteroatoms. The van der Waals surface area contributed by atoms with E-state index < -0.39 is 5.92 Å². The minimum atomic E-state index is -0.401. The summed E-state index contributed by atoms with van der Waals surface area (Å²) in [6.45, 7) is 5.62. The largest absolute Gasteiger partial charge is 0.465 e. The molecule has 20 heavy (non-hydrogen) atoms. The van der Waals surface area contributed by atoms with Crippen LogP contribution < -0.4 is 10.7 Å². The summed E-state index contributed by atoms with van der Waals surface area (Å²) in [5.74, 6) is -0.695. The van der Waals surface area contributed by atoms with Crippen LogP contribution in [0.5, 0.6) is 0 Å². The Morgan fingerprint density at radius 2 is 2.05 bits per heavy atom. The maximum atomic E-state index is 11.5. The molecule has 0 bridgehead atoms.